The van der Waals surface area contributed by atoms with E-state index < -0.39 is 0 Å². The molecular formula is C13H20N4O. The predicted octanol–water partition coefficient (Wildman–Crippen LogP) is 3.28. The Morgan fingerprint density at radius 3 is 2.83 bits per heavy atom. The molecule has 98 valence electrons. The van der Waals surface area contributed by atoms with Crippen molar-refractivity contribution in [2.45, 2.75) is 20.8 Å². The first-order chi connectivity index (χ1) is 8.69. The van der Waals surface area contributed by atoms with Crippen LogP contribution in [0.2, 0.25) is 0 Å². The Morgan fingerprint density at radius 2 is 2.17 bits per heavy atom. The van der Waals surface area contributed by atoms with E-state index in [0.29, 0.717) is 5.69 Å². The molecule has 1 aromatic heterocycles. The molecule has 0 radical (unpaired) electrons. The zero-order valence-corrected chi connectivity index (χ0v) is 10.7. The molecule has 0 atom stereocenters. The second kappa shape index (κ2) is 6.30. The van der Waals surface area contributed by atoms with Crippen LogP contribution in [0.5, 0.6) is 0 Å². The Balaban J connectivity index is 0. The summed E-state index contributed by atoms with van der Waals surface area (Å²) in [4.78, 5) is 4.03. The van der Waals surface area contributed by atoms with Gasteiger partial charge >= 0.3 is 0 Å². The molecular weight excluding hydrogens is 228 g/mol. The van der Waals surface area contributed by atoms with E-state index >= 15 is 0 Å². The number of aryl methyl sites for hydroxylation is 1. The van der Waals surface area contributed by atoms with Gasteiger partial charge in [-0.25, -0.2) is 4.99 Å². The number of rotatable bonds is 1. The van der Waals surface area contributed by atoms with E-state index in [-0.39, 0.29) is 8.81 Å². The molecule has 5 heteroatoms. The van der Waals surface area contributed by atoms with Crippen molar-refractivity contribution in [3.63, 3.8) is 0 Å². The number of nitrogens with one attached hydrogen (secondary N) is 1. The number of aliphatic imine (C=N–C) groups is 1. The van der Waals surface area contributed by atoms with Crippen LogP contribution in [0.1, 0.15) is 22.5 Å². The van der Waals surface area contributed by atoms with Gasteiger partial charge in [-0.2, -0.15) is 5.26 Å². The highest BCUT2D eigenvalue weighted by molar-refractivity contribution is 5.85. The predicted molar refractivity (Wildman–Crippen MR) is 76.6 cm³/mol. The quantitative estimate of drug-likeness (QED) is 0.351. The van der Waals surface area contributed by atoms with Crippen molar-refractivity contribution in [3.8, 4) is 6.19 Å². The van der Waals surface area contributed by atoms with Gasteiger partial charge in [0.05, 0.1) is 5.69 Å². The fourth-order valence-corrected chi connectivity index (χ4v) is 1.46. The lowest BCUT2D eigenvalue weighted by Gasteiger charge is -1.96. The van der Waals surface area contributed by atoms with Crippen LogP contribution >= 0.6 is 0 Å². The minimum absolute atomic E-state index is 0. The van der Waals surface area contributed by atoms with E-state index in [0.717, 1.165) is 16.7 Å². The molecule has 0 aliphatic rings. The molecule has 0 amide bonds. The molecule has 0 fully saturated rings. The molecule has 5 nitrogen and oxygen atoms in total. The van der Waals surface area contributed by atoms with Gasteiger partial charge in [0.25, 0.3) is 0 Å². The van der Waals surface area contributed by atoms with Gasteiger partial charge in [-0.1, -0.05) is 13.8 Å². The Kier molecular flexibility index (Phi) is 4.76. The van der Waals surface area contributed by atoms with Crippen molar-refractivity contribution in [1.82, 2.24) is 5.32 Å². The summed E-state index contributed by atoms with van der Waals surface area (Å²) in [6.07, 6.45) is 1.70. The maximum absolute atomic E-state index is 8.35. The molecule has 3 N–H and O–H groups in total. The summed E-state index contributed by atoms with van der Waals surface area (Å²) >= 11 is 0. The molecule has 1 heterocycles. The minimum atomic E-state index is 0. The lowest BCUT2D eigenvalue weighted by Crippen LogP contribution is -2.26. The first kappa shape index (κ1) is 13.6. The van der Waals surface area contributed by atoms with E-state index in [9.17, 15) is 0 Å². The number of hydrogen-bond donors (Lipinski definition) is 2. The highest BCUT2D eigenvalue weighted by Gasteiger charge is 2.01. The zero-order valence-electron chi connectivity index (χ0n) is 10.7. The van der Waals surface area contributed by atoms with Crippen LogP contribution in [-0.4, -0.2) is 5.96 Å². The maximum Gasteiger partial charge on any atom is 0.207 e. The second-order valence-corrected chi connectivity index (χ2v) is 3.31. The standard InChI is InChI=1S/C11H10N4O.C2H6.2H2/c1-7-4-8-5-9(2-3-10(8)16-7)15-11(13)14-6-12;1-2;;/h2-5H,1H3,(H3,13,14,15);1-2H3;2*1H. The van der Waals surface area contributed by atoms with Gasteiger partial charge in [-0.05, 0) is 31.2 Å². The number of hydrogen-bond acceptors (Lipinski definition) is 3. The lowest BCUT2D eigenvalue weighted by atomic mass is 10.2. The Morgan fingerprint density at radius 1 is 1.44 bits per heavy atom. The molecule has 0 saturated carbocycles. The van der Waals surface area contributed by atoms with Crippen LogP contribution in [0.15, 0.2) is 33.7 Å². The Hall–Kier alpha value is -2.48. The number of nitriles is 1. The highest BCUT2D eigenvalue weighted by Crippen LogP contribution is 2.23. The Bertz CT molecular complexity index is 602. The molecule has 18 heavy (non-hydrogen) atoms. The minimum Gasteiger partial charge on any atom is -0.461 e. The van der Waals surface area contributed by atoms with Gasteiger partial charge < -0.3 is 10.2 Å². The van der Waals surface area contributed by atoms with Crippen LogP contribution in [-0.2, 0) is 0 Å². The summed E-state index contributed by atoms with van der Waals surface area (Å²) in [7, 11) is 0. The average molecular weight is 248 g/mol. The monoisotopic (exact) mass is 248 g/mol. The normalized spacial score (nSPS) is 10.4. The molecule has 0 aliphatic carbocycles. The van der Waals surface area contributed by atoms with Crippen LogP contribution in [0.3, 0.4) is 0 Å². The molecule has 0 bridgehead atoms. The van der Waals surface area contributed by atoms with Gasteiger partial charge in [-0.15, -0.1) is 0 Å². The lowest BCUT2D eigenvalue weighted by molar-refractivity contribution is 0.578. The molecule has 2 aromatic rings. The van der Waals surface area contributed by atoms with Crippen molar-refractivity contribution in [2.24, 2.45) is 10.7 Å². The maximum atomic E-state index is 8.35. The third kappa shape index (κ3) is 3.25. The largest absolute Gasteiger partial charge is 0.461 e. The Labute approximate surface area is 109 Å². The molecule has 0 saturated heterocycles. The average Bonchev–Trinajstić information content (AvgIpc) is 2.71. The van der Waals surface area contributed by atoms with Gasteiger partial charge in [0, 0.05) is 8.24 Å². The van der Waals surface area contributed by atoms with E-state index in [1.807, 2.05) is 39.0 Å². The van der Waals surface area contributed by atoms with E-state index in [2.05, 4.69) is 10.3 Å². The van der Waals surface area contributed by atoms with Crippen molar-refractivity contribution >= 4 is 22.6 Å². The van der Waals surface area contributed by atoms with E-state index in [4.69, 9.17) is 15.4 Å². The summed E-state index contributed by atoms with van der Waals surface area (Å²) in [5.41, 5.74) is 6.94. The van der Waals surface area contributed by atoms with Gasteiger partial charge in [0.15, 0.2) is 6.19 Å². The summed E-state index contributed by atoms with van der Waals surface area (Å²) in [6.45, 7) is 5.88. The smallest absolute Gasteiger partial charge is 0.207 e. The van der Waals surface area contributed by atoms with Crippen molar-refractivity contribution in [1.29, 1.82) is 5.26 Å². The second-order valence-electron chi connectivity index (χ2n) is 3.31. The molecule has 2 rings (SSSR count). The van der Waals surface area contributed by atoms with Crippen molar-refractivity contribution in [3.05, 3.63) is 30.0 Å². The molecule has 0 aliphatic heterocycles. The summed E-state index contributed by atoms with van der Waals surface area (Å²) < 4.78 is 5.43. The fraction of sp³-hybridized carbons (Fsp3) is 0.231. The number of nitrogens with zero attached hydrogens (tertiary/aromatic N) is 2. The summed E-state index contributed by atoms with van der Waals surface area (Å²) in [5, 5.41) is 11.6. The summed E-state index contributed by atoms with van der Waals surface area (Å²) in [6, 6.07) is 7.36. The number of benzene rings is 1. The fourth-order valence-electron chi connectivity index (χ4n) is 1.46. The van der Waals surface area contributed by atoms with Crippen molar-refractivity contribution < 1.29 is 7.27 Å². The highest BCUT2D eigenvalue weighted by atomic mass is 16.3. The molecule has 0 unspecified atom stereocenters. The van der Waals surface area contributed by atoms with Crippen LogP contribution in [0, 0.1) is 18.4 Å². The third-order valence-corrected chi connectivity index (χ3v) is 2.06. The number of fused-ring (bicyclic) bond motifs is 1. The zero-order chi connectivity index (χ0) is 13.5. The van der Waals surface area contributed by atoms with E-state index in [1.165, 1.54) is 0 Å². The van der Waals surface area contributed by atoms with E-state index in [1.54, 1.807) is 12.3 Å². The van der Waals surface area contributed by atoms with Crippen molar-refractivity contribution in [2.75, 3.05) is 0 Å². The number of furan rings is 1. The van der Waals surface area contributed by atoms with Crippen LogP contribution in [0.4, 0.5) is 5.69 Å². The SMILES string of the molecule is CC.Cc1cc2cc(N=C(N)NC#N)ccc2o1.[HH].[HH]. The molecule has 0 spiro atoms. The first-order valence-corrected chi connectivity index (χ1v) is 5.68. The first-order valence-electron chi connectivity index (χ1n) is 5.68. The van der Waals surface area contributed by atoms with Crippen LogP contribution < -0.4 is 11.1 Å². The van der Waals surface area contributed by atoms with Gasteiger partial charge in [0.2, 0.25) is 5.96 Å². The number of nitrogens with two attached hydrogens (primary N) is 1. The third-order valence-electron chi connectivity index (χ3n) is 2.06. The summed E-state index contributed by atoms with van der Waals surface area (Å²) in [5.74, 6) is 0.918. The van der Waals surface area contributed by atoms with Crippen LogP contribution in [0.25, 0.3) is 11.0 Å². The molecule has 1 aromatic carbocycles. The topological polar surface area (TPSA) is 87.3 Å². The van der Waals surface area contributed by atoms with Gasteiger partial charge in [-0.3, -0.25) is 5.32 Å². The van der Waals surface area contributed by atoms with Gasteiger partial charge in [0.1, 0.15) is 11.3 Å². The number of guanidine groups is 1.